The molecule has 3 heterocycles. The van der Waals surface area contributed by atoms with E-state index in [-0.39, 0.29) is 13.8 Å². The lowest BCUT2D eigenvalue weighted by atomic mass is 9.56. The third-order valence-electron chi connectivity index (χ3n) is 5.22. The van der Waals surface area contributed by atoms with Crippen molar-refractivity contribution >= 4 is 87.0 Å². The molecule has 0 aliphatic carbocycles. The summed E-state index contributed by atoms with van der Waals surface area (Å²) < 4.78 is 14.4. The van der Waals surface area contributed by atoms with Gasteiger partial charge in [0.05, 0.1) is 0 Å². The van der Waals surface area contributed by atoms with Crippen LogP contribution in [0.2, 0.25) is 0 Å². The molecule has 0 fully saturated rings. The van der Waals surface area contributed by atoms with Crippen LogP contribution >= 0.6 is 34.0 Å². The van der Waals surface area contributed by atoms with Crippen molar-refractivity contribution in [3.63, 3.8) is 0 Å². The van der Waals surface area contributed by atoms with Crippen LogP contribution in [-0.4, -0.2) is 40.1 Å². The number of hydrogen-bond donors (Lipinski definition) is 2. The van der Waals surface area contributed by atoms with Gasteiger partial charge in [0.15, 0.2) is 0 Å². The molecule has 0 saturated heterocycles. The van der Waals surface area contributed by atoms with Crippen molar-refractivity contribution in [3.8, 4) is 0 Å². The summed E-state index contributed by atoms with van der Waals surface area (Å²) in [5.41, 5.74) is 14.7. The highest BCUT2D eigenvalue weighted by Crippen LogP contribution is 2.12. The molecule has 0 saturated carbocycles. The van der Waals surface area contributed by atoms with Crippen molar-refractivity contribution in [2.75, 3.05) is 26.3 Å². The first kappa shape index (κ1) is 24.2. The second-order valence-electron chi connectivity index (χ2n) is 7.48. The van der Waals surface area contributed by atoms with Crippen LogP contribution in [0.3, 0.4) is 0 Å². The van der Waals surface area contributed by atoms with Crippen molar-refractivity contribution in [1.29, 1.82) is 0 Å². The van der Waals surface area contributed by atoms with Crippen LogP contribution in [0.5, 0.6) is 0 Å². The quantitative estimate of drug-likeness (QED) is 0.310. The van der Waals surface area contributed by atoms with Crippen LogP contribution in [-0.2, 0) is 9.31 Å². The summed E-state index contributed by atoms with van der Waals surface area (Å²) in [4.78, 5) is 0. The summed E-state index contributed by atoms with van der Waals surface area (Å²) in [7, 11) is 0. The molecule has 0 aliphatic rings. The second-order valence-corrected chi connectivity index (χ2v) is 10.1. The summed E-state index contributed by atoms with van der Waals surface area (Å²) in [5, 5.41) is 10.6. The zero-order valence-electron chi connectivity index (χ0n) is 18.3. The highest BCUT2D eigenvalue weighted by Gasteiger charge is 2.22. The molecule has 168 valence electrons. The van der Waals surface area contributed by atoms with Crippen LogP contribution in [0.1, 0.15) is 0 Å². The molecule has 1 aromatic carbocycles. The lowest BCUT2D eigenvalue weighted by Crippen LogP contribution is -2.45. The third kappa shape index (κ3) is 5.94. The third-order valence-corrected chi connectivity index (χ3v) is 7.80. The van der Waals surface area contributed by atoms with Crippen molar-refractivity contribution in [2.24, 2.45) is 11.5 Å². The van der Waals surface area contributed by atoms with Gasteiger partial charge in [0, 0.05) is 35.5 Å². The van der Waals surface area contributed by atoms with Gasteiger partial charge in [0.1, 0.15) is 0 Å². The predicted octanol–water partition coefficient (Wildman–Crippen LogP) is 1.27. The molecule has 4 N–H and O–H groups in total. The maximum absolute atomic E-state index is 6.10. The Kier molecular flexibility index (Phi) is 8.75. The molecule has 0 unspecified atom stereocenters. The van der Waals surface area contributed by atoms with E-state index in [0.29, 0.717) is 26.3 Å². The Morgan fingerprint density at radius 3 is 2.33 bits per heavy atom. The van der Waals surface area contributed by atoms with Gasteiger partial charge in [-0.15, -0.1) is 11.3 Å². The van der Waals surface area contributed by atoms with Crippen LogP contribution in [0, 0.1) is 0 Å². The van der Waals surface area contributed by atoms with Gasteiger partial charge in [-0.05, 0) is 60.7 Å². The predicted molar refractivity (Wildman–Crippen MR) is 149 cm³/mol. The lowest BCUT2D eigenvalue weighted by Gasteiger charge is -2.13. The minimum absolute atomic E-state index is 0.101. The molecule has 0 spiro atoms. The van der Waals surface area contributed by atoms with E-state index in [2.05, 4.69) is 76.6 Å². The minimum Gasteiger partial charge on any atom is -0.426 e. The van der Waals surface area contributed by atoms with Gasteiger partial charge in [-0.25, -0.2) is 0 Å². The zero-order chi connectivity index (χ0) is 23.0. The van der Waals surface area contributed by atoms with Crippen LogP contribution in [0.15, 0.2) is 63.9 Å². The maximum Gasteiger partial charge on any atom is 0.362 e. The Hall–Kier alpha value is -1.97. The number of allylic oxidation sites excluding steroid dienone is 1. The number of nitrogens with two attached hydrogens (primary N) is 2. The van der Waals surface area contributed by atoms with Gasteiger partial charge in [-0.3, -0.25) is 0 Å². The SMILES string of the molecule is C=c1/c(=C\C=C\B(OCCN)c2ccsc2)sc2ccc(B(OCCN)c3ccsc3)cc12. The summed E-state index contributed by atoms with van der Waals surface area (Å²) in [6, 6.07) is 10.7. The average Bonchev–Trinajstić information content (AvgIpc) is 3.60. The molecular weight excluding hydrogens is 466 g/mol. The molecule has 9 heteroatoms. The Balaban J connectivity index is 1.63. The Morgan fingerprint density at radius 2 is 1.64 bits per heavy atom. The van der Waals surface area contributed by atoms with Crippen molar-refractivity contribution in [3.05, 3.63) is 73.7 Å². The van der Waals surface area contributed by atoms with Gasteiger partial charge in [0.25, 0.3) is 0 Å². The summed E-state index contributed by atoms with van der Waals surface area (Å²) >= 11 is 5.08. The number of fused-ring (bicyclic) bond motifs is 1. The van der Waals surface area contributed by atoms with E-state index in [1.165, 1.54) is 4.70 Å². The fourth-order valence-corrected chi connectivity index (χ4v) is 6.02. The molecule has 33 heavy (non-hydrogen) atoms. The molecular formula is C24H26B2N2O2S3. The number of benzene rings is 1. The van der Waals surface area contributed by atoms with Crippen LogP contribution in [0.4, 0.5) is 0 Å². The first-order valence-electron chi connectivity index (χ1n) is 10.8. The van der Waals surface area contributed by atoms with E-state index in [1.807, 2.05) is 0 Å². The topological polar surface area (TPSA) is 70.5 Å². The van der Waals surface area contributed by atoms with Gasteiger partial charge < -0.3 is 20.8 Å². The van der Waals surface area contributed by atoms with Crippen molar-refractivity contribution < 1.29 is 9.31 Å². The largest absolute Gasteiger partial charge is 0.426 e. The molecule has 4 rings (SSSR count). The monoisotopic (exact) mass is 492 g/mol. The smallest absolute Gasteiger partial charge is 0.362 e. The first-order chi connectivity index (χ1) is 16.2. The van der Waals surface area contributed by atoms with Gasteiger partial charge in [0.2, 0.25) is 0 Å². The van der Waals surface area contributed by atoms with E-state index in [1.54, 1.807) is 34.0 Å². The Labute approximate surface area is 207 Å². The Bertz CT molecular complexity index is 1290. The maximum atomic E-state index is 6.10. The minimum atomic E-state index is -0.123. The zero-order valence-corrected chi connectivity index (χ0v) is 20.8. The highest BCUT2D eigenvalue weighted by molar-refractivity contribution is 7.17. The van der Waals surface area contributed by atoms with E-state index in [0.717, 1.165) is 31.5 Å². The highest BCUT2D eigenvalue weighted by atomic mass is 32.1. The summed E-state index contributed by atoms with van der Waals surface area (Å²) in [6.07, 6.45) is 4.16. The first-order valence-corrected chi connectivity index (χ1v) is 13.5. The lowest BCUT2D eigenvalue weighted by molar-refractivity contribution is 0.344. The van der Waals surface area contributed by atoms with Crippen molar-refractivity contribution in [1.82, 2.24) is 0 Å². The van der Waals surface area contributed by atoms with Crippen LogP contribution in [0.25, 0.3) is 22.7 Å². The molecule has 4 nitrogen and oxygen atoms in total. The second kappa shape index (κ2) is 11.9. The molecule has 0 amide bonds. The van der Waals surface area contributed by atoms with E-state index in [4.69, 9.17) is 20.8 Å². The van der Waals surface area contributed by atoms with Crippen LogP contribution < -0.4 is 37.6 Å². The average molecular weight is 492 g/mol. The van der Waals surface area contributed by atoms with Crippen molar-refractivity contribution in [2.45, 2.75) is 0 Å². The van der Waals surface area contributed by atoms with E-state index in [9.17, 15) is 0 Å². The number of hydrogen-bond acceptors (Lipinski definition) is 7. The van der Waals surface area contributed by atoms with Gasteiger partial charge in [-0.1, -0.05) is 42.9 Å². The normalized spacial score (nSPS) is 12.2. The van der Waals surface area contributed by atoms with E-state index < -0.39 is 0 Å². The molecule has 0 aliphatic heterocycles. The molecule has 4 aromatic rings. The standard InChI is InChI=1S/C24H26B2N2O2S3/c1-18-22-15-19(26(30-12-10-28)21-7-14-32-17-21)4-5-24(22)33-23(18)3-2-8-25(29-11-9-27)20-6-13-31-16-20/h2-8,13-17H,1,9-12,27-28H2/b8-2+,23-3+. The fourth-order valence-electron chi connectivity index (χ4n) is 3.62. The van der Waals surface area contributed by atoms with Gasteiger partial charge >= 0.3 is 13.8 Å². The van der Waals surface area contributed by atoms with Gasteiger partial charge in [-0.2, -0.15) is 22.7 Å². The molecule has 3 aromatic heterocycles. The molecule has 0 atom stereocenters. The summed E-state index contributed by atoms with van der Waals surface area (Å²) in [5.74, 6) is 2.07. The number of thiophene rings is 3. The number of rotatable bonds is 11. The molecule has 0 radical (unpaired) electrons. The fraction of sp³-hybridized carbons (Fsp3) is 0.167. The van der Waals surface area contributed by atoms with E-state index >= 15 is 0 Å². The summed E-state index contributed by atoms with van der Waals surface area (Å²) in [6.45, 7) is 6.18. The molecule has 0 bridgehead atoms. The Morgan fingerprint density at radius 1 is 0.909 bits per heavy atom.